The van der Waals surface area contributed by atoms with Crippen LogP contribution in [0.3, 0.4) is 0 Å². The van der Waals surface area contributed by atoms with Gasteiger partial charge in [-0.05, 0) is 19.5 Å². The molecule has 1 heterocycles. The van der Waals surface area contributed by atoms with E-state index in [2.05, 4.69) is 15.6 Å². The predicted molar refractivity (Wildman–Crippen MR) is 46.4 cm³/mol. The molecule has 0 aliphatic carbocycles. The first kappa shape index (κ1) is 9.15. The van der Waals surface area contributed by atoms with Gasteiger partial charge in [0, 0.05) is 13.6 Å². The molecule has 0 saturated heterocycles. The fourth-order valence-corrected chi connectivity index (χ4v) is 0.914. The number of rotatable bonds is 5. The number of hydrogen-bond acceptors (Lipinski definition) is 4. The second-order valence-electron chi connectivity index (χ2n) is 2.67. The van der Waals surface area contributed by atoms with Gasteiger partial charge in [0.1, 0.15) is 0 Å². The summed E-state index contributed by atoms with van der Waals surface area (Å²) in [5.41, 5.74) is 6.44. The molecule has 0 amide bonds. The molecule has 0 aliphatic heterocycles. The first-order chi connectivity index (χ1) is 5.84. The Kier molecular flexibility index (Phi) is 3.69. The summed E-state index contributed by atoms with van der Waals surface area (Å²) < 4.78 is 1.76. The van der Waals surface area contributed by atoms with Crippen molar-refractivity contribution in [3.05, 3.63) is 11.9 Å². The zero-order chi connectivity index (χ0) is 8.81. The lowest BCUT2D eigenvalue weighted by atomic mass is 10.4. The van der Waals surface area contributed by atoms with E-state index in [1.165, 1.54) is 0 Å². The maximum absolute atomic E-state index is 5.35. The standard InChI is InChI=1S/C7H15N5/c1-12-7(6-10-11-12)5-9-4-2-3-8/h6,9H,2-5,8H2,1H3. The quantitative estimate of drug-likeness (QED) is 0.569. The molecule has 1 aromatic rings. The zero-order valence-electron chi connectivity index (χ0n) is 7.32. The van der Waals surface area contributed by atoms with Crippen LogP contribution in [-0.2, 0) is 13.6 Å². The van der Waals surface area contributed by atoms with Crippen molar-refractivity contribution in [1.82, 2.24) is 20.3 Å². The van der Waals surface area contributed by atoms with Crippen molar-refractivity contribution in [3.63, 3.8) is 0 Å². The SMILES string of the molecule is Cn1nncc1CNCCCN. The minimum absolute atomic E-state index is 0.733. The highest BCUT2D eigenvalue weighted by Crippen LogP contribution is 1.91. The summed E-state index contributed by atoms with van der Waals surface area (Å²) >= 11 is 0. The highest BCUT2D eigenvalue weighted by atomic mass is 15.4. The lowest BCUT2D eigenvalue weighted by Crippen LogP contribution is -2.19. The van der Waals surface area contributed by atoms with Crippen molar-refractivity contribution in [2.24, 2.45) is 12.8 Å². The van der Waals surface area contributed by atoms with E-state index in [1.54, 1.807) is 10.9 Å². The molecule has 5 nitrogen and oxygen atoms in total. The van der Waals surface area contributed by atoms with Gasteiger partial charge in [-0.1, -0.05) is 5.21 Å². The molecule has 68 valence electrons. The van der Waals surface area contributed by atoms with Gasteiger partial charge < -0.3 is 11.1 Å². The maximum Gasteiger partial charge on any atom is 0.0738 e. The molecule has 12 heavy (non-hydrogen) atoms. The molecule has 5 heteroatoms. The van der Waals surface area contributed by atoms with Crippen molar-refractivity contribution in [3.8, 4) is 0 Å². The van der Waals surface area contributed by atoms with Crippen LogP contribution in [0, 0.1) is 0 Å². The summed E-state index contributed by atoms with van der Waals surface area (Å²) in [4.78, 5) is 0. The van der Waals surface area contributed by atoms with Crippen LogP contribution in [0.15, 0.2) is 6.20 Å². The molecule has 0 aliphatic rings. The molecule has 0 atom stereocenters. The van der Waals surface area contributed by atoms with Crippen LogP contribution in [0.2, 0.25) is 0 Å². The minimum atomic E-state index is 0.733. The Balaban J connectivity index is 2.20. The van der Waals surface area contributed by atoms with Crippen LogP contribution in [0.4, 0.5) is 0 Å². The lowest BCUT2D eigenvalue weighted by molar-refractivity contribution is 0.604. The van der Waals surface area contributed by atoms with Crippen LogP contribution in [0.1, 0.15) is 12.1 Å². The fourth-order valence-electron chi connectivity index (χ4n) is 0.914. The Bertz CT molecular complexity index is 219. The lowest BCUT2D eigenvalue weighted by Gasteiger charge is -2.02. The fraction of sp³-hybridized carbons (Fsp3) is 0.714. The number of nitrogens with two attached hydrogens (primary N) is 1. The van der Waals surface area contributed by atoms with Gasteiger partial charge in [0.05, 0.1) is 11.9 Å². The van der Waals surface area contributed by atoms with Gasteiger partial charge in [-0.25, -0.2) is 0 Å². The minimum Gasteiger partial charge on any atom is -0.330 e. The molecule has 0 unspecified atom stereocenters. The second kappa shape index (κ2) is 4.84. The summed E-state index contributed by atoms with van der Waals surface area (Å²) in [7, 11) is 1.88. The van der Waals surface area contributed by atoms with E-state index < -0.39 is 0 Å². The van der Waals surface area contributed by atoms with E-state index in [0.29, 0.717) is 0 Å². The van der Waals surface area contributed by atoms with Gasteiger partial charge in [0.25, 0.3) is 0 Å². The van der Waals surface area contributed by atoms with Gasteiger partial charge in [0.2, 0.25) is 0 Å². The molecule has 1 aromatic heterocycles. The smallest absolute Gasteiger partial charge is 0.0738 e. The third-order valence-corrected chi connectivity index (χ3v) is 1.67. The van der Waals surface area contributed by atoms with Gasteiger partial charge in [0.15, 0.2) is 0 Å². The molecular weight excluding hydrogens is 154 g/mol. The average Bonchev–Trinajstić information content (AvgIpc) is 2.46. The second-order valence-corrected chi connectivity index (χ2v) is 2.67. The number of nitrogens with one attached hydrogen (secondary N) is 1. The van der Waals surface area contributed by atoms with Gasteiger partial charge >= 0.3 is 0 Å². The highest BCUT2D eigenvalue weighted by molar-refractivity contribution is 4.91. The topological polar surface area (TPSA) is 68.8 Å². The van der Waals surface area contributed by atoms with E-state index >= 15 is 0 Å². The van der Waals surface area contributed by atoms with E-state index in [1.807, 2.05) is 7.05 Å². The average molecular weight is 169 g/mol. The zero-order valence-corrected chi connectivity index (χ0v) is 7.32. The molecule has 0 bridgehead atoms. The monoisotopic (exact) mass is 169 g/mol. The Morgan fingerprint density at radius 2 is 2.50 bits per heavy atom. The number of nitrogens with zero attached hydrogens (tertiary/aromatic N) is 3. The summed E-state index contributed by atoms with van der Waals surface area (Å²) in [6.07, 6.45) is 2.76. The van der Waals surface area contributed by atoms with Crippen LogP contribution in [0.25, 0.3) is 0 Å². The number of aryl methyl sites for hydroxylation is 1. The molecule has 0 spiro atoms. The Morgan fingerprint density at radius 3 is 3.08 bits per heavy atom. The summed E-state index contributed by atoms with van der Waals surface area (Å²) in [6, 6.07) is 0. The molecular formula is C7H15N5. The Morgan fingerprint density at radius 1 is 1.67 bits per heavy atom. The molecule has 3 N–H and O–H groups in total. The summed E-state index contributed by atoms with van der Waals surface area (Å²) in [5, 5.41) is 10.8. The number of aromatic nitrogens is 3. The van der Waals surface area contributed by atoms with Crippen molar-refractivity contribution in [2.45, 2.75) is 13.0 Å². The molecule has 0 radical (unpaired) electrons. The van der Waals surface area contributed by atoms with Crippen molar-refractivity contribution < 1.29 is 0 Å². The normalized spacial score (nSPS) is 10.5. The van der Waals surface area contributed by atoms with Crippen LogP contribution in [0.5, 0.6) is 0 Å². The van der Waals surface area contributed by atoms with Crippen LogP contribution in [-0.4, -0.2) is 28.1 Å². The highest BCUT2D eigenvalue weighted by Gasteiger charge is 1.97. The van der Waals surface area contributed by atoms with Crippen LogP contribution < -0.4 is 11.1 Å². The van der Waals surface area contributed by atoms with E-state index in [0.717, 1.165) is 31.7 Å². The molecule has 1 rings (SSSR count). The van der Waals surface area contributed by atoms with E-state index in [-0.39, 0.29) is 0 Å². The Hall–Kier alpha value is -0.940. The van der Waals surface area contributed by atoms with Gasteiger partial charge in [-0.3, -0.25) is 4.68 Å². The van der Waals surface area contributed by atoms with Crippen molar-refractivity contribution in [2.75, 3.05) is 13.1 Å². The summed E-state index contributed by atoms with van der Waals surface area (Å²) in [5.74, 6) is 0. The van der Waals surface area contributed by atoms with Crippen molar-refractivity contribution in [1.29, 1.82) is 0 Å². The molecule has 0 aromatic carbocycles. The first-order valence-electron chi connectivity index (χ1n) is 4.09. The number of hydrogen-bond donors (Lipinski definition) is 2. The largest absolute Gasteiger partial charge is 0.330 e. The van der Waals surface area contributed by atoms with Gasteiger partial charge in [-0.15, -0.1) is 5.10 Å². The van der Waals surface area contributed by atoms with E-state index in [4.69, 9.17) is 5.73 Å². The molecule has 0 fully saturated rings. The Labute approximate surface area is 71.9 Å². The van der Waals surface area contributed by atoms with Gasteiger partial charge in [-0.2, -0.15) is 0 Å². The van der Waals surface area contributed by atoms with Crippen LogP contribution >= 0.6 is 0 Å². The van der Waals surface area contributed by atoms with Crippen molar-refractivity contribution >= 4 is 0 Å². The molecule has 0 saturated carbocycles. The maximum atomic E-state index is 5.35. The third-order valence-electron chi connectivity index (χ3n) is 1.67. The predicted octanol–water partition coefficient (Wildman–Crippen LogP) is -0.746. The summed E-state index contributed by atoms with van der Waals surface area (Å²) in [6.45, 7) is 2.49. The van der Waals surface area contributed by atoms with E-state index in [9.17, 15) is 0 Å². The third kappa shape index (κ3) is 2.60. The first-order valence-corrected chi connectivity index (χ1v) is 4.09.